The number of aromatic amines is 1. The summed E-state index contributed by atoms with van der Waals surface area (Å²) < 4.78 is 34.1. The highest BCUT2D eigenvalue weighted by Crippen LogP contribution is 2.29. The van der Waals surface area contributed by atoms with Gasteiger partial charge >= 0.3 is 6.61 Å². The van der Waals surface area contributed by atoms with Crippen LogP contribution in [0.2, 0.25) is 0 Å². The van der Waals surface area contributed by atoms with Crippen molar-refractivity contribution in [3.8, 4) is 22.8 Å². The predicted molar refractivity (Wildman–Crippen MR) is 104 cm³/mol. The molecule has 0 saturated carbocycles. The Hall–Kier alpha value is -3.61. The molecule has 1 aromatic heterocycles. The summed E-state index contributed by atoms with van der Waals surface area (Å²) >= 11 is 0. The molecule has 0 spiro atoms. The van der Waals surface area contributed by atoms with Crippen molar-refractivity contribution in [2.24, 2.45) is 0 Å². The maximum Gasteiger partial charge on any atom is 0.387 e. The van der Waals surface area contributed by atoms with Crippen molar-refractivity contribution >= 4 is 17.7 Å². The van der Waals surface area contributed by atoms with Crippen LogP contribution in [0.25, 0.3) is 17.3 Å². The summed E-state index contributed by atoms with van der Waals surface area (Å²) in [6.07, 6.45) is 4.75. The van der Waals surface area contributed by atoms with Crippen LogP contribution < -0.4 is 14.8 Å². The second-order valence-corrected chi connectivity index (χ2v) is 5.77. The molecule has 0 aliphatic carbocycles. The van der Waals surface area contributed by atoms with E-state index in [2.05, 4.69) is 15.0 Å². The van der Waals surface area contributed by atoms with Gasteiger partial charge in [0, 0.05) is 23.7 Å². The average molecular weight is 384 g/mol. The number of ether oxygens (including phenoxy) is 2. The maximum absolute atomic E-state index is 12.4. The Labute approximate surface area is 160 Å². The lowest BCUT2D eigenvalue weighted by Gasteiger charge is -2.10. The fourth-order valence-electron chi connectivity index (χ4n) is 2.58. The molecule has 2 N–H and O–H groups in total. The van der Waals surface area contributed by atoms with Gasteiger partial charge < -0.3 is 19.8 Å². The fourth-order valence-corrected chi connectivity index (χ4v) is 2.58. The number of nitrogens with one attached hydrogen (secondary N) is 2. The minimum Gasteiger partial charge on any atom is -0.493 e. The maximum atomic E-state index is 12.4. The quantitative estimate of drug-likeness (QED) is 0.567. The number of H-pyrrole nitrogens is 1. The molecule has 144 valence electrons. The van der Waals surface area contributed by atoms with Gasteiger partial charge in [0.25, 0.3) is 0 Å². The highest BCUT2D eigenvalue weighted by molar-refractivity contribution is 6.02. The van der Waals surface area contributed by atoms with Gasteiger partial charge in [-0.05, 0) is 53.6 Å². The summed E-state index contributed by atoms with van der Waals surface area (Å²) in [5, 5.41) is 2.76. The molecule has 0 aliphatic rings. The molecule has 3 rings (SSSR count). The second kappa shape index (κ2) is 8.85. The Balaban J connectivity index is 1.63. The molecular weight excluding hydrogens is 366 g/mol. The third kappa shape index (κ3) is 4.97. The number of amides is 1. The zero-order chi connectivity index (χ0) is 19.9. The number of rotatable bonds is 7. The Bertz CT molecular complexity index is 952. The minimum atomic E-state index is -2.94. The first-order valence-electron chi connectivity index (χ1n) is 8.41. The van der Waals surface area contributed by atoms with E-state index >= 15 is 0 Å². The Morgan fingerprint density at radius 2 is 1.89 bits per heavy atom. The average Bonchev–Trinajstić information content (AvgIpc) is 3.22. The number of methoxy groups -OCH3 is 1. The molecule has 7 heteroatoms. The number of carbonyl (C=O) groups excluding carboxylic acids is 1. The zero-order valence-electron chi connectivity index (χ0n) is 15.0. The summed E-state index contributed by atoms with van der Waals surface area (Å²) in [7, 11) is 1.35. The van der Waals surface area contributed by atoms with E-state index in [4.69, 9.17) is 4.74 Å². The summed E-state index contributed by atoms with van der Waals surface area (Å²) in [5.41, 5.74) is 3.27. The smallest absolute Gasteiger partial charge is 0.387 e. The van der Waals surface area contributed by atoms with Crippen molar-refractivity contribution in [2.75, 3.05) is 12.4 Å². The monoisotopic (exact) mass is 384 g/mol. The van der Waals surface area contributed by atoms with Crippen molar-refractivity contribution in [3.05, 3.63) is 72.4 Å². The number of benzene rings is 2. The second-order valence-electron chi connectivity index (χ2n) is 5.77. The fraction of sp³-hybridized carbons (Fsp3) is 0.0952. The van der Waals surface area contributed by atoms with Crippen LogP contribution in [0.3, 0.4) is 0 Å². The van der Waals surface area contributed by atoms with Gasteiger partial charge in [-0.25, -0.2) is 0 Å². The Morgan fingerprint density at radius 3 is 2.54 bits per heavy atom. The number of hydrogen-bond donors (Lipinski definition) is 2. The lowest BCUT2D eigenvalue weighted by Crippen LogP contribution is -2.07. The van der Waals surface area contributed by atoms with Crippen LogP contribution in [-0.4, -0.2) is 24.6 Å². The summed E-state index contributed by atoms with van der Waals surface area (Å²) in [5.74, 6) is -0.233. The molecule has 1 amide bonds. The van der Waals surface area contributed by atoms with E-state index in [-0.39, 0.29) is 17.4 Å². The van der Waals surface area contributed by atoms with Gasteiger partial charge in [-0.1, -0.05) is 18.2 Å². The van der Waals surface area contributed by atoms with Crippen LogP contribution in [0.4, 0.5) is 14.5 Å². The van der Waals surface area contributed by atoms with Gasteiger partial charge in [0.05, 0.1) is 7.11 Å². The van der Waals surface area contributed by atoms with Crippen molar-refractivity contribution in [2.45, 2.75) is 6.61 Å². The molecule has 0 aliphatic heterocycles. The molecule has 0 fully saturated rings. The molecular formula is C21H18F2N2O3. The van der Waals surface area contributed by atoms with Crippen LogP contribution in [-0.2, 0) is 4.79 Å². The van der Waals surface area contributed by atoms with E-state index in [0.717, 1.165) is 11.3 Å². The number of anilines is 1. The van der Waals surface area contributed by atoms with E-state index in [0.29, 0.717) is 11.3 Å². The molecule has 0 atom stereocenters. The first-order chi connectivity index (χ1) is 13.5. The standard InChI is InChI=1S/C21H18F2N2O3/c1-27-19-13-14(4-10-18(19)28-21(22)23)5-11-20(26)25-16-8-6-15(7-9-16)17-3-2-12-24-17/h2-13,21,24H,1H3,(H,25,26). The van der Waals surface area contributed by atoms with Crippen molar-refractivity contribution in [3.63, 3.8) is 0 Å². The molecule has 0 unspecified atom stereocenters. The van der Waals surface area contributed by atoms with Gasteiger partial charge in [0.2, 0.25) is 5.91 Å². The summed E-state index contributed by atoms with van der Waals surface area (Å²) in [6, 6.07) is 15.7. The third-order valence-electron chi connectivity index (χ3n) is 3.89. The van der Waals surface area contributed by atoms with Crippen molar-refractivity contribution < 1.29 is 23.0 Å². The highest BCUT2D eigenvalue weighted by Gasteiger charge is 2.10. The van der Waals surface area contributed by atoms with Gasteiger partial charge in [0.15, 0.2) is 11.5 Å². The van der Waals surface area contributed by atoms with E-state index < -0.39 is 6.61 Å². The Morgan fingerprint density at radius 1 is 1.11 bits per heavy atom. The third-order valence-corrected chi connectivity index (χ3v) is 3.89. The lowest BCUT2D eigenvalue weighted by atomic mass is 10.1. The number of halogens is 2. The van der Waals surface area contributed by atoms with Crippen LogP contribution in [0.1, 0.15) is 5.56 Å². The van der Waals surface area contributed by atoms with Crippen LogP contribution >= 0.6 is 0 Å². The summed E-state index contributed by atoms with van der Waals surface area (Å²) in [4.78, 5) is 15.2. The molecule has 0 bridgehead atoms. The van der Waals surface area contributed by atoms with E-state index in [1.165, 1.54) is 25.3 Å². The molecule has 1 heterocycles. The van der Waals surface area contributed by atoms with E-state index in [9.17, 15) is 13.6 Å². The normalized spacial score (nSPS) is 11.0. The highest BCUT2D eigenvalue weighted by atomic mass is 19.3. The molecule has 3 aromatic rings. The molecule has 5 nitrogen and oxygen atoms in total. The first-order valence-corrected chi connectivity index (χ1v) is 8.41. The molecule has 0 saturated heterocycles. The number of carbonyl (C=O) groups is 1. The zero-order valence-corrected chi connectivity index (χ0v) is 15.0. The largest absolute Gasteiger partial charge is 0.493 e. The predicted octanol–water partition coefficient (Wildman–Crippen LogP) is 4.94. The van der Waals surface area contributed by atoms with Crippen LogP contribution in [0.15, 0.2) is 66.9 Å². The summed E-state index contributed by atoms with van der Waals surface area (Å²) in [6.45, 7) is -2.94. The van der Waals surface area contributed by atoms with Gasteiger partial charge in [-0.2, -0.15) is 8.78 Å². The van der Waals surface area contributed by atoms with Gasteiger partial charge in [-0.3, -0.25) is 4.79 Å². The number of hydrogen-bond acceptors (Lipinski definition) is 3. The minimum absolute atomic E-state index is 0.0683. The van der Waals surface area contributed by atoms with E-state index in [1.54, 1.807) is 24.3 Å². The number of aromatic nitrogens is 1. The molecule has 2 aromatic carbocycles. The van der Waals surface area contributed by atoms with Crippen molar-refractivity contribution in [1.29, 1.82) is 0 Å². The Kier molecular flexibility index (Phi) is 6.06. The van der Waals surface area contributed by atoms with Crippen LogP contribution in [0, 0.1) is 0 Å². The van der Waals surface area contributed by atoms with Crippen LogP contribution in [0.5, 0.6) is 11.5 Å². The molecule has 0 radical (unpaired) electrons. The van der Waals surface area contributed by atoms with E-state index in [1.807, 2.05) is 30.5 Å². The van der Waals surface area contributed by atoms with Gasteiger partial charge in [-0.15, -0.1) is 0 Å². The topological polar surface area (TPSA) is 63.3 Å². The lowest BCUT2D eigenvalue weighted by molar-refractivity contribution is -0.111. The first kappa shape index (κ1) is 19.2. The number of alkyl halides is 2. The van der Waals surface area contributed by atoms with Crippen molar-refractivity contribution in [1.82, 2.24) is 4.98 Å². The molecule has 28 heavy (non-hydrogen) atoms. The SMILES string of the molecule is COc1cc(C=CC(=O)Nc2ccc(-c3ccc[nH]3)cc2)ccc1OC(F)F. The van der Waals surface area contributed by atoms with Gasteiger partial charge in [0.1, 0.15) is 0 Å².